The van der Waals surface area contributed by atoms with Gasteiger partial charge in [-0.2, -0.15) is 0 Å². The zero-order chi connectivity index (χ0) is 30.6. The van der Waals surface area contributed by atoms with Gasteiger partial charge in [-0.25, -0.2) is 21.6 Å². The number of carbonyl (C=O) groups excluding carboxylic acids is 2. The van der Waals surface area contributed by atoms with Gasteiger partial charge in [0, 0.05) is 29.8 Å². The monoisotopic (exact) mass is 631 g/mol. The van der Waals surface area contributed by atoms with Crippen molar-refractivity contribution < 1.29 is 51.2 Å². The van der Waals surface area contributed by atoms with E-state index in [2.05, 4.69) is 5.32 Å². The molecule has 1 heterocycles. The van der Waals surface area contributed by atoms with Crippen LogP contribution in [0, 0.1) is 29.3 Å². The number of anilines is 1. The van der Waals surface area contributed by atoms with Crippen molar-refractivity contribution in [2.45, 2.75) is 72.6 Å². The Balaban J connectivity index is 1.30. The molecule has 3 fully saturated rings. The summed E-state index contributed by atoms with van der Waals surface area (Å²) in [6, 6.07) is 4.68. The second-order valence-corrected chi connectivity index (χ2v) is 13.8. The Kier molecular flexibility index (Phi) is 8.47. The van der Waals surface area contributed by atoms with Crippen LogP contribution in [0.15, 0.2) is 35.2 Å². The van der Waals surface area contributed by atoms with Gasteiger partial charge in [0.15, 0.2) is 33.1 Å². The molecule has 9 nitrogen and oxygen atoms in total. The summed E-state index contributed by atoms with van der Waals surface area (Å²) in [6.07, 6.45) is -2.47. The molecule has 1 saturated heterocycles. The molecule has 0 radical (unpaired) electrons. The lowest BCUT2D eigenvalue weighted by molar-refractivity contribution is -0.135. The minimum Gasteiger partial charge on any atom is -0.389 e. The number of nitrogens with one attached hydrogen (secondary N) is 1. The predicted molar refractivity (Wildman–Crippen MR) is 143 cm³/mol. The van der Waals surface area contributed by atoms with E-state index in [1.807, 2.05) is 0 Å². The molecule has 0 aromatic heterocycles. The van der Waals surface area contributed by atoms with E-state index in [-0.39, 0.29) is 53.5 Å². The zero-order valence-electron chi connectivity index (χ0n) is 22.1. The first kappa shape index (κ1) is 30.9. The van der Waals surface area contributed by atoms with E-state index in [4.69, 9.17) is 16.3 Å². The van der Waals surface area contributed by atoms with Crippen LogP contribution in [0.25, 0.3) is 0 Å². The Hall–Kier alpha value is -2.55. The van der Waals surface area contributed by atoms with Crippen LogP contribution in [0.2, 0.25) is 5.02 Å². The van der Waals surface area contributed by atoms with Crippen molar-refractivity contribution in [1.29, 1.82) is 0 Å². The number of sulfone groups is 1. The van der Waals surface area contributed by atoms with Gasteiger partial charge in [0.1, 0.15) is 18.3 Å². The number of amides is 1. The van der Waals surface area contributed by atoms with Crippen LogP contribution in [-0.4, -0.2) is 71.2 Å². The molecule has 228 valence electrons. The summed E-state index contributed by atoms with van der Waals surface area (Å²) in [7, 11) is -4.11. The molecular weight excluding hydrogens is 603 g/mol. The largest absolute Gasteiger partial charge is 0.389 e. The summed E-state index contributed by atoms with van der Waals surface area (Å²) < 4.78 is 73.0. The van der Waals surface area contributed by atoms with E-state index in [0.717, 1.165) is 6.07 Å². The van der Waals surface area contributed by atoms with E-state index in [9.17, 15) is 46.5 Å². The number of ether oxygens (including phenoxy) is 1. The third kappa shape index (κ3) is 5.58. The van der Waals surface area contributed by atoms with Crippen LogP contribution in [0.4, 0.5) is 18.9 Å². The topological polar surface area (TPSA) is 150 Å². The summed E-state index contributed by atoms with van der Waals surface area (Å²) in [5, 5.41) is 32.3. The quantitative estimate of drug-likeness (QED) is 0.325. The number of aliphatic hydroxyl groups excluding tert-OH is 2. The van der Waals surface area contributed by atoms with Crippen LogP contribution < -0.4 is 5.32 Å². The summed E-state index contributed by atoms with van der Waals surface area (Å²) in [5.74, 6) is -6.94. The van der Waals surface area contributed by atoms with Crippen molar-refractivity contribution >= 4 is 38.8 Å². The van der Waals surface area contributed by atoms with Crippen LogP contribution in [0.3, 0.4) is 0 Å². The first-order valence-electron chi connectivity index (χ1n) is 13.4. The number of rotatable bonds is 8. The Morgan fingerprint density at radius 3 is 2.24 bits per heavy atom. The smallest absolute Gasteiger partial charge is 0.255 e. The van der Waals surface area contributed by atoms with Crippen LogP contribution >= 0.6 is 11.6 Å². The Bertz CT molecular complexity index is 1490. The first-order chi connectivity index (χ1) is 19.7. The minimum absolute atomic E-state index is 0.0532. The molecule has 2 saturated carbocycles. The van der Waals surface area contributed by atoms with E-state index in [1.54, 1.807) is 0 Å². The second kappa shape index (κ2) is 11.5. The molecule has 2 aliphatic carbocycles. The van der Waals surface area contributed by atoms with Gasteiger partial charge >= 0.3 is 0 Å². The van der Waals surface area contributed by atoms with E-state index < -0.39 is 80.0 Å². The van der Waals surface area contributed by atoms with E-state index in [0.29, 0.717) is 25.0 Å². The lowest BCUT2D eigenvalue weighted by atomic mass is 9.71. The molecule has 14 heteroatoms. The van der Waals surface area contributed by atoms with Gasteiger partial charge in [0.05, 0.1) is 27.4 Å². The molecule has 1 aliphatic heterocycles. The molecule has 5 rings (SSSR count). The molecule has 4 unspecified atom stereocenters. The number of halogens is 4. The zero-order valence-corrected chi connectivity index (χ0v) is 23.7. The fraction of sp³-hybridized carbons (Fsp3) is 0.500. The van der Waals surface area contributed by atoms with Crippen molar-refractivity contribution in [2.75, 3.05) is 11.9 Å². The van der Waals surface area contributed by atoms with Crippen molar-refractivity contribution in [3.05, 3.63) is 58.4 Å². The number of Topliss-reactive ketones (excluding diaryl/α,β-unsaturated/α-hetero) is 1. The molecule has 0 spiro atoms. The number of benzene rings is 2. The van der Waals surface area contributed by atoms with Crippen LogP contribution in [0.5, 0.6) is 0 Å². The third-order valence-electron chi connectivity index (χ3n) is 8.79. The number of hydrogen-bond acceptors (Lipinski definition) is 8. The van der Waals surface area contributed by atoms with Crippen LogP contribution in [0.1, 0.15) is 48.9 Å². The van der Waals surface area contributed by atoms with Gasteiger partial charge in [0.25, 0.3) is 5.91 Å². The fourth-order valence-electron chi connectivity index (χ4n) is 6.50. The summed E-state index contributed by atoms with van der Waals surface area (Å²) in [6.45, 7) is -0.165. The number of carbonyl (C=O) groups is 2. The van der Waals surface area contributed by atoms with E-state index in [1.165, 1.54) is 12.1 Å². The molecule has 2 aromatic carbocycles. The second-order valence-electron chi connectivity index (χ2n) is 11.2. The van der Waals surface area contributed by atoms with Gasteiger partial charge in [-0.1, -0.05) is 11.6 Å². The highest BCUT2D eigenvalue weighted by molar-refractivity contribution is 7.92. The molecular formula is C28H29ClF3NO8S. The average molecular weight is 632 g/mol. The number of aliphatic hydroxyl groups is 3. The van der Waals surface area contributed by atoms with Crippen molar-refractivity contribution in [2.24, 2.45) is 11.8 Å². The Morgan fingerprint density at radius 1 is 1.05 bits per heavy atom. The molecule has 1 amide bonds. The van der Waals surface area contributed by atoms with Gasteiger partial charge in [-0.15, -0.1) is 0 Å². The highest BCUT2D eigenvalue weighted by Crippen LogP contribution is 2.54. The molecule has 4 N–H and O–H groups in total. The average Bonchev–Trinajstić information content (AvgIpc) is 3.31. The standard InChI is InChI=1S/C28H29ClF3NO8S/c29-18-4-1-13(27(37)33-16-10-19(30)24(32)20(31)11-16)7-23(18)42(39,40)17-8-14-2-3-15(9-17)28(14,38)6-5-21(34)26-25(36)22(35)12-41-26/h1,4,7,10-11,14-15,17,22,25-26,35-36,38H,2-3,5-6,8-9,12H2,(H,33,37)/t14-,15?,17?,22?,25-,26+,28?/m0/s1. The van der Waals surface area contributed by atoms with Gasteiger partial charge in [-0.3, -0.25) is 9.59 Å². The maximum atomic E-state index is 13.7. The number of fused-ring (bicyclic) bond motifs is 2. The summed E-state index contributed by atoms with van der Waals surface area (Å²) in [5.41, 5.74) is -1.84. The molecule has 2 aromatic rings. The molecule has 3 aliphatic rings. The summed E-state index contributed by atoms with van der Waals surface area (Å²) >= 11 is 6.25. The molecule has 7 atom stereocenters. The normalized spacial score (nSPS) is 30.8. The highest BCUT2D eigenvalue weighted by Gasteiger charge is 2.55. The van der Waals surface area contributed by atoms with Gasteiger partial charge in [0.2, 0.25) is 0 Å². The van der Waals surface area contributed by atoms with Gasteiger partial charge in [-0.05, 0) is 62.1 Å². The first-order valence-corrected chi connectivity index (χ1v) is 15.4. The SMILES string of the molecule is O=C(Nc1cc(F)c(F)c(F)c1)c1ccc(Cl)c(S(=O)(=O)C2CC3CC[C@@H](C2)C3(O)CCC(=O)[C@H]2OCC(O)[C@@H]2O)c1. The maximum absolute atomic E-state index is 13.7. The lowest BCUT2D eigenvalue weighted by Crippen LogP contribution is -2.48. The van der Waals surface area contributed by atoms with Gasteiger partial charge < -0.3 is 25.4 Å². The van der Waals surface area contributed by atoms with Crippen molar-refractivity contribution in [3.8, 4) is 0 Å². The maximum Gasteiger partial charge on any atom is 0.255 e. The van der Waals surface area contributed by atoms with Crippen LogP contribution in [-0.2, 0) is 19.4 Å². The van der Waals surface area contributed by atoms with E-state index >= 15 is 0 Å². The van der Waals surface area contributed by atoms with Crippen molar-refractivity contribution in [1.82, 2.24) is 0 Å². The van der Waals surface area contributed by atoms with Crippen molar-refractivity contribution in [3.63, 3.8) is 0 Å². The Morgan fingerprint density at radius 2 is 1.67 bits per heavy atom. The predicted octanol–water partition coefficient (Wildman–Crippen LogP) is 3.17. The number of ketones is 1. The highest BCUT2D eigenvalue weighted by atomic mass is 35.5. The molecule has 2 bridgehead atoms. The molecule has 42 heavy (non-hydrogen) atoms. The summed E-state index contributed by atoms with van der Waals surface area (Å²) in [4.78, 5) is 25.1. The number of hydrogen-bond donors (Lipinski definition) is 4. The lowest BCUT2D eigenvalue weighted by Gasteiger charge is -2.42. The minimum atomic E-state index is -4.11. The third-order valence-corrected chi connectivity index (χ3v) is 11.4. The fourth-order valence-corrected chi connectivity index (χ4v) is 8.90. The Labute approximate surface area is 244 Å².